The number of likely N-dealkylation sites (N-methyl/N-ethyl adjacent to an activating group) is 1. The van der Waals surface area contributed by atoms with Crippen LogP contribution in [0.4, 0.5) is 0 Å². The summed E-state index contributed by atoms with van der Waals surface area (Å²) in [6, 6.07) is 0. The molecule has 0 aliphatic rings. The van der Waals surface area contributed by atoms with E-state index in [0.717, 1.165) is 0 Å². The van der Waals surface area contributed by atoms with Crippen LogP contribution in [0.15, 0.2) is 0 Å². The topological polar surface area (TPSA) is 204 Å². The molecule has 0 radical (unpaired) electrons. The summed E-state index contributed by atoms with van der Waals surface area (Å²) in [5.41, 5.74) is -2.95. The molecule has 0 fully saturated rings. The first kappa shape index (κ1) is 31.7. The van der Waals surface area contributed by atoms with Crippen molar-refractivity contribution in [3.63, 3.8) is 0 Å². The molecule has 0 heterocycles. The minimum Gasteiger partial charge on any atom is -0.550 e. The van der Waals surface area contributed by atoms with Crippen molar-refractivity contribution in [3.05, 3.63) is 0 Å². The van der Waals surface area contributed by atoms with E-state index in [4.69, 9.17) is 5.11 Å². The Morgan fingerprint density at radius 3 is 1.76 bits per heavy atom. The van der Waals surface area contributed by atoms with E-state index in [2.05, 4.69) is 4.74 Å². The molecule has 0 aliphatic carbocycles. The van der Waals surface area contributed by atoms with Crippen LogP contribution in [-0.4, -0.2) is 83.9 Å². The van der Waals surface area contributed by atoms with Gasteiger partial charge in [-0.15, -0.1) is 0 Å². The zero-order chi connectivity index (χ0) is 22.7. The maximum absolute atomic E-state index is 11.0. The summed E-state index contributed by atoms with van der Waals surface area (Å²) >= 11 is 0. The molecule has 2 atom stereocenters. The Morgan fingerprint density at radius 2 is 1.45 bits per heavy atom. The quantitative estimate of drug-likeness (QED) is 0.133. The number of quaternary nitrogens is 1. The third-order valence-corrected chi connectivity index (χ3v) is 2.93. The number of aliphatic hydroxyl groups is 2. The maximum atomic E-state index is 11.0. The average molecular weight is 473 g/mol. The molecule has 12 nitrogen and oxygen atoms in total. The summed E-state index contributed by atoms with van der Waals surface area (Å²) in [6.07, 6.45) is -3.77. The first-order valence-corrected chi connectivity index (χ1v) is 8.08. The Hall–Kier alpha value is -1.95. The van der Waals surface area contributed by atoms with Gasteiger partial charge in [-0.05, 0) is 0 Å². The van der Waals surface area contributed by atoms with Gasteiger partial charge in [0, 0.05) is 31.2 Å². The summed E-state index contributed by atoms with van der Waals surface area (Å²) in [6.45, 7) is 1.82. The molecule has 2 N–H and O–H groups in total. The van der Waals surface area contributed by atoms with Crippen molar-refractivity contribution < 1.29 is 78.2 Å². The van der Waals surface area contributed by atoms with Crippen LogP contribution in [0.2, 0.25) is 0 Å². The van der Waals surface area contributed by atoms with E-state index in [0.29, 0.717) is 11.0 Å². The third-order valence-electron chi connectivity index (χ3n) is 2.93. The van der Waals surface area contributed by atoms with Gasteiger partial charge in [-0.25, -0.2) is 0 Å². The number of carbonyl (C=O) groups is 5. The number of aliphatic carboxylic acids is 3. The summed E-state index contributed by atoms with van der Waals surface area (Å²) in [4.78, 5) is 52.4. The van der Waals surface area contributed by atoms with Gasteiger partial charge in [0.05, 0.1) is 33.5 Å². The van der Waals surface area contributed by atoms with E-state index in [1.165, 1.54) is 6.92 Å². The summed E-state index contributed by atoms with van der Waals surface area (Å²) in [5.74, 6) is -7.53. The second-order valence-corrected chi connectivity index (χ2v) is 6.95. The van der Waals surface area contributed by atoms with Gasteiger partial charge in [0.15, 0.2) is 0 Å². The average Bonchev–Trinajstić information content (AvgIpc) is 2.43. The molecule has 0 saturated heterocycles. The minimum absolute atomic E-state index is 0. The standard InChI is InChI=1S/C9H12O8.C7H15NO3.Zn/c1-2-6(12)17-7(13)4-9(16,8(14)15)3-5(10)11;1-8(2,3)5-6(9)4-7(10)11;/h16H,2-4H2,1H3,(H,10,11)(H,14,15);6,9H,4-5H2,1-3H3;/q;;+2/p-2/t;6-;/m.1./s1. The SMILES string of the molecule is CCC(=O)OC(=O)CC(O)(CC(=O)[O-])C(=O)[O-].C[N+](C)(C)C[C@H](O)CC(=O)[O-].[Zn+2]. The van der Waals surface area contributed by atoms with Crippen molar-refractivity contribution in [2.24, 2.45) is 0 Å². The number of ether oxygens (including phenoxy) is 1. The molecule has 29 heavy (non-hydrogen) atoms. The number of hydrogen-bond acceptors (Lipinski definition) is 11. The molecule has 0 rings (SSSR count). The van der Waals surface area contributed by atoms with E-state index in [9.17, 15) is 44.4 Å². The van der Waals surface area contributed by atoms with Crippen LogP contribution >= 0.6 is 0 Å². The van der Waals surface area contributed by atoms with Gasteiger partial charge in [-0.3, -0.25) is 9.59 Å². The molecule has 0 spiro atoms. The first-order valence-electron chi connectivity index (χ1n) is 8.08. The van der Waals surface area contributed by atoms with Crippen molar-refractivity contribution in [3.8, 4) is 0 Å². The van der Waals surface area contributed by atoms with Crippen LogP contribution in [0, 0.1) is 0 Å². The number of hydrogen-bond donors (Lipinski definition) is 2. The molecular formula is C16H25NO11Zn. The molecule has 0 aromatic rings. The van der Waals surface area contributed by atoms with Crippen molar-refractivity contribution in [2.45, 2.75) is 44.3 Å². The number of carbonyl (C=O) groups excluding carboxylic acids is 5. The second kappa shape index (κ2) is 14.1. The van der Waals surface area contributed by atoms with Crippen molar-refractivity contribution >= 4 is 29.8 Å². The maximum Gasteiger partial charge on any atom is 2.00 e. The van der Waals surface area contributed by atoms with Crippen LogP contribution in [0.5, 0.6) is 0 Å². The van der Waals surface area contributed by atoms with E-state index >= 15 is 0 Å². The number of carboxylic acid groups (broad SMARTS) is 3. The Balaban J connectivity index is -0.000000491. The van der Waals surface area contributed by atoms with Crippen LogP contribution in [0.1, 0.15) is 32.6 Å². The zero-order valence-electron chi connectivity index (χ0n) is 16.8. The van der Waals surface area contributed by atoms with Crippen molar-refractivity contribution in [2.75, 3.05) is 27.7 Å². The number of carboxylic acids is 3. The van der Waals surface area contributed by atoms with Crippen LogP contribution in [0.25, 0.3) is 0 Å². The fourth-order valence-electron chi connectivity index (χ4n) is 1.81. The largest absolute Gasteiger partial charge is 2.00 e. The van der Waals surface area contributed by atoms with Crippen LogP contribution < -0.4 is 15.3 Å². The monoisotopic (exact) mass is 471 g/mol. The van der Waals surface area contributed by atoms with Crippen LogP contribution in [-0.2, 0) is 48.2 Å². The molecule has 13 heteroatoms. The van der Waals surface area contributed by atoms with E-state index in [1.54, 1.807) is 0 Å². The fraction of sp³-hybridized carbons (Fsp3) is 0.688. The fourth-order valence-corrected chi connectivity index (χ4v) is 1.81. The predicted octanol–water partition coefficient (Wildman–Crippen LogP) is -5.33. The number of aliphatic hydroxyl groups excluding tert-OH is 1. The molecule has 0 saturated carbocycles. The molecule has 0 amide bonds. The third kappa shape index (κ3) is 17.9. The Kier molecular flexibility index (Phi) is 15.4. The number of rotatable bonds is 10. The molecule has 0 aliphatic heterocycles. The molecule has 0 aromatic heterocycles. The second-order valence-electron chi connectivity index (χ2n) is 6.95. The molecule has 0 aromatic carbocycles. The van der Waals surface area contributed by atoms with Gasteiger partial charge < -0.3 is 49.1 Å². The Bertz CT molecular complexity index is 588. The molecule has 1 unspecified atom stereocenters. The number of esters is 2. The number of nitrogens with zero attached hydrogens (tertiary/aromatic N) is 1. The van der Waals surface area contributed by atoms with Gasteiger partial charge in [0.2, 0.25) is 0 Å². The smallest absolute Gasteiger partial charge is 0.550 e. The Labute approximate surface area is 180 Å². The van der Waals surface area contributed by atoms with Gasteiger partial charge in [0.25, 0.3) is 0 Å². The Morgan fingerprint density at radius 1 is 0.966 bits per heavy atom. The van der Waals surface area contributed by atoms with Crippen molar-refractivity contribution in [1.82, 2.24) is 0 Å². The van der Waals surface area contributed by atoms with Gasteiger partial charge >= 0.3 is 31.4 Å². The molecular weight excluding hydrogens is 448 g/mol. The minimum atomic E-state index is -2.95. The molecule has 0 bridgehead atoms. The first-order chi connectivity index (χ1) is 12.5. The van der Waals surface area contributed by atoms with Gasteiger partial charge in [-0.1, -0.05) is 6.92 Å². The van der Waals surface area contributed by atoms with Gasteiger partial charge in [-0.2, -0.15) is 0 Å². The van der Waals surface area contributed by atoms with E-state index < -0.39 is 54.4 Å². The van der Waals surface area contributed by atoms with Gasteiger partial charge in [0.1, 0.15) is 18.2 Å². The predicted molar refractivity (Wildman–Crippen MR) is 84.1 cm³/mol. The van der Waals surface area contributed by atoms with Crippen LogP contribution in [0.3, 0.4) is 0 Å². The summed E-state index contributed by atoms with van der Waals surface area (Å²) < 4.78 is 4.63. The normalized spacial score (nSPS) is 13.4. The zero-order valence-corrected chi connectivity index (χ0v) is 19.8. The van der Waals surface area contributed by atoms with E-state index in [-0.39, 0.29) is 32.3 Å². The summed E-state index contributed by atoms with van der Waals surface area (Å²) in [5, 5.41) is 49.2. The van der Waals surface area contributed by atoms with Crippen molar-refractivity contribution in [1.29, 1.82) is 0 Å². The van der Waals surface area contributed by atoms with E-state index in [1.807, 2.05) is 21.1 Å². The summed E-state index contributed by atoms with van der Waals surface area (Å²) in [7, 11) is 5.66. The molecule has 162 valence electrons.